The number of aliphatic hydroxyl groups is 5. The minimum atomic E-state index is -1.19. The standard InChI is InChI=1S/C30H46O10/c1-16-23(33)25(37-3)24(34)26(39-16)40-18-4-9-28(15-31)20-5-8-27(2)19(17-12-22(32)38-14-17)7-11-30(27,36)21(20)6-10-29(28,35)13-18/h12,16,18-21,23-26,31,33-36H,4-11,13-15H2,1-3H3/t16?,18-,19-,20?,21?,23-,24?,25?,26+,27-,28+,29+,30+/m1/s1. The number of rotatable bonds is 5. The van der Waals surface area contributed by atoms with Crippen LogP contribution in [-0.2, 0) is 23.7 Å². The van der Waals surface area contributed by atoms with Crippen LogP contribution in [0.15, 0.2) is 11.6 Å². The molecule has 10 heteroatoms. The van der Waals surface area contributed by atoms with Gasteiger partial charge in [0.1, 0.15) is 24.9 Å². The van der Waals surface area contributed by atoms with Gasteiger partial charge in [0.2, 0.25) is 0 Å². The minimum Gasteiger partial charge on any atom is -0.458 e. The summed E-state index contributed by atoms with van der Waals surface area (Å²) >= 11 is 0. The first kappa shape index (κ1) is 29.0. The number of hydrogen-bond acceptors (Lipinski definition) is 10. The summed E-state index contributed by atoms with van der Waals surface area (Å²) in [5.74, 6) is -0.334. The third-order valence-electron chi connectivity index (χ3n) is 12.4. The summed E-state index contributed by atoms with van der Waals surface area (Å²) in [6, 6.07) is 0. The number of carbonyl (C=O) groups excluding carboxylic acids is 1. The number of fused-ring (bicyclic) bond motifs is 5. The predicted molar refractivity (Wildman–Crippen MR) is 141 cm³/mol. The second-order valence-corrected chi connectivity index (χ2v) is 13.8. The largest absolute Gasteiger partial charge is 0.458 e. The number of cyclic esters (lactones) is 1. The first-order valence-electron chi connectivity index (χ1n) is 15.1. The van der Waals surface area contributed by atoms with Crippen LogP contribution in [0.25, 0.3) is 0 Å². The quantitative estimate of drug-likeness (QED) is 0.242. The van der Waals surface area contributed by atoms with Crippen LogP contribution in [0.1, 0.15) is 71.6 Å². The van der Waals surface area contributed by atoms with Gasteiger partial charge in [0, 0.05) is 30.4 Å². The number of ether oxygens (including phenoxy) is 4. The molecule has 2 aliphatic heterocycles. The van der Waals surface area contributed by atoms with Crippen molar-refractivity contribution in [2.75, 3.05) is 20.3 Å². The van der Waals surface area contributed by atoms with E-state index in [1.54, 1.807) is 13.0 Å². The summed E-state index contributed by atoms with van der Waals surface area (Å²) in [5.41, 5.74) is -2.31. The topological polar surface area (TPSA) is 155 Å². The Balaban J connectivity index is 1.21. The van der Waals surface area contributed by atoms with Gasteiger partial charge in [-0.05, 0) is 81.6 Å². The van der Waals surface area contributed by atoms with Crippen LogP contribution in [-0.4, -0.2) is 99.8 Å². The maximum absolute atomic E-state index is 12.4. The molecule has 0 bridgehead atoms. The van der Waals surface area contributed by atoms with Crippen molar-refractivity contribution in [2.45, 2.75) is 120 Å². The lowest BCUT2D eigenvalue weighted by molar-refractivity contribution is -0.324. The summed E-state index contributed by atoms with van der Waals surface area (Å²) in [4.78, 5) is 11.8. The van der Waals surface area contributed by atoms with E-state index >= 15 is 0 Å². The molecule has 0 radical (unpaired) electrons. The van der Waals surface area contributed by atoms with Crippen molar-refractivity contribution >= 4 is 5.97 Å². The third kappa shape index (κ3) is 3.93. The Hall–Kier alpha value is -1.11. The van der Waals surface area contributed by atoms with Crippen LogP contribution in [0.2, 0.25) is 0 Å². The molecular weight excluding hydrogens is 520 g/mol. The van der Waals surface area contributed by atoms with E-state index in [4.69, 9.17) is 18.9 Å². The van der Waals surface area contributed by atoms with Gasteiger partial charge in [-0.1, -0.05) is 6.92 Å². The molecule has 13 atom stereocenters. The smallest absolute Gasteiger partial charge is 0.331 e. The average Bonchev–Trinajstić information content (AvgIpc) is 3.46. The summed E-state index contributed by atoms with van der Waals surface area (Å²) in [5, 5.41) is 56.7. The lowest BCUT2D eigenvalue weighted by Gasteiger charge is -2.66. The van der Waals surface area contributed by atoms with Crippen molar-refractivity contribution in [3.63, 3.8) is 0 Å². The van der Waals surface area contributed by atoms with Gasteiger partial charge in [-0.25, -0.2) is 4.79 Å². The molecule has 10 nitrogen and oxygen atoms in total. The maximum atomic E-state index is 12.4. The molecule has 40 heavy (non-hydrogen) atoms. The average molecular weight is 567 g/mol. The van der Waals surface area contributed by atoms with Gasteiger partial charge in [0.25, 0.3) is 0 Å². The minimum absolute atomic E-state index is 0.0472. The Morgan fingerprint density at radius 2 is 1.77 bits per heavy atom. The summed E-state index contributed by atoms with van der Waals surface area (Å²) in [6.07, 6.45) is 2.04. The van der Waals surface area contributed by atoms with E-state index in [9.17, 15) is 30.3 Å². The maximum Gasteiger partial charge on any atom is 0.331 e. The Kier molecular flexibility index (Phi) is 7.23. The fourth-order valence-corrected chi connectivity index (χ4v) is 10.2. The van der Waals surface area contributed by atoms with E-state index in [1.165, 1.54) is 7.11 Å². The second kappa shape index (κ2) is 9.98. The van der Waals surface area contributed by atoms with E-state index in [0.29, 0.717) is 45.1 Å². The Morgan fingerprint density at radius 1 is 1.02 bits per heavy atom. The van der Waals surface area contributed by atoms with Crippen LogP contribution in [0, 0.1) is 28.6 Å². The third-order valence-corrected chi connectivity index (χ3v) is 12.4. The van der Waals surface area contributed by atoms with Crippen LogP contribution < -0.4 is 0 Å². The Labute approximate surface area is 235 Å². The van der Waals surface area contributed by atoms with Gasteiger partial charge in [0.15, 0.2) is 6.29 Å². The van der Waals surface area contributed by atoms with E-state index in [-0.39, 0.29) is 30.3 Å². The molecule has 5 fully saturated rings. The molecular formula is C30H46O10. The fraction of sp³-hybridized carbons (Fsp3) is 0.900. The first-order chi connectivity index (χ1) is 18.9. The molecule has 0 aromatic carbocycles. The highest BCUT2D eigenvalue weighted by molar-refractivity contribution is 5.85. The summed E-state index contributed by atoms with van der Waals surface area (Å²) < 4.78 is 22.5. The number of hydrogen-bond donors (Lipinski definition) is 5. The van der Waals surface area contributed by atoms with Crippen LogP contribution in [0.4, 0.5) is 0 Å². The van der Waals surface area contributed by atoms with E-state index in [2.05, 4.69) is 6.92 Å². The van der Waals surface area contributed by atoms with Crippen molar-refractivity contribution in [3.05, 3.63) is 11.6 Å². The molecule has 0 amide bonds. The zero-order valence-electron chi connectivity index (χ0n) is 23.8. The first-order valence-corrected chi connectivity index (χ1v) is 15.1. The molecule has 0 spiro atoms. The Bertz CT molecular complexity index is 1030. The molecule has 6 aliphatic rings. The van der Waals surface area contributed by atoms with Crippen molar-refractivity contribution in [1.82, 2.24) is 0 Å². The van der Waals surface area contributed by atoms with Gasteiger partial charge < -0.3 is 44.5 Å². The molecule has 5 unspecified atom stereocenters. The highest BCUT2D eigenvalue weighted by Gasteiger charge is 2.71. The van der Waals surface area contributed by atoms with Crippen molar-refractivity contribution in [2.24, 2.45) is 28.6 Å². The molecule has 4 saturated carbocycles. The van der Waals surface area contributed by atoms with Gasteiger partial charge >= 0.3 is 5.97 Å². The highest BCUT2D eigenvalue weighted by atomic mass is 16.7. The van der Waals surface area contributed by atoms with E-state index < -0.39 is 58.8 Å². The Morgan fingerprint density at radius 3 is 2.45 bits per heavy atom. The molecule has 5 N–H and O–H groups in total. The predicted octanol–water partition coefficient (Wildman–Crippen LogP) is 1.20. The second-order valence-electron chi connectivity index (χ2n) is 13.8. The monoisotopic (exact) mass is 566 g/mol. The van der Waals surface area contributed by atoms with Gasteiger partial charge in [0.05, 0.1) is 30.0 Å². The number of methoxy groups -OCH3 is 1. The number of esters is 1. The summed E-state index contributed by atoms with van der Waals surface area (Å²) in [6.45, 7) is 3.99. The zero-order valence-corrected chi connectivity index (χ0v) is 23.8. The van der Waals surface area contributed by atoms with Crippen molar-refractivity contribution < 1.29 is 49.3 Å². The lowest BCUT2D eigenvalue weighted by atomic mass is 9.41. The molecule has 0 aromatic rings. The van der Waals surface area contributed by atoms with Crippen LogP contribution in [0.5, 0.6) is 0 Å². The van der Waals surface area contributed by atoms with Gasteiger partial charge in [-0.2, -0.15) is 0 Å². The molecule has 4 aliphatic carbocycles. The SMILES string of the molecule is COC1C(O)[C@H](O[C@@H]2CC[C@]3(CO)C4CC[C@]5(C)[C@@H](C6=CC(=O)OC6)CC[C@]5(O)C4CC[C@]3(O)C2)OC(C)[C@H]1O. The fourth-order valence-electron chi connectivity index (χ4n) is 10.2. The van der Waals surface area contributed by atoms with Crippen LogP contribution >= 0.6 is 0 Å². The zero-order chi connectivity index (χ0) is 28.7. The number of aliphatic hydroxyl groups excluding tert-OH is 3. The van der Waals surface area contributed by atoms with Crippen LogP contribution in [0.3, 0.4) is 0 Å². The number of carbonyl (C=O) groups is 1. The summed E-state index contributed by atoms with van der Waals surface area (Å²) in [7, 11) is 1.43. The van der Waals surface area contributed by atoms with Crippen molar-refractivity contribution in [1.29, 1.82) is 0 Å². The van der Waals surface area contributed by atoms with E-state index in [1.807, 2.05) is 0 Å². The molecule has 226 valence electrons. The molecule has 1 saturated heterocycles. The molecule has 2 heterocycles. The van der Waals surface area contributed by atoms with Crippen molar-refractivity contribution in [3.8, 4) is 0 Å². The normalized spacial score (nSPS) is 54.2. The van der Waals surface area contributed by atoms with Gasteiger partial charge in [-0.15, -0.1) is 0 Å². The highest BCUT2D eigenvalue weighted by Crippen LogP contribution is 2.70. The lowest BCUT2D eigenvalue weighted by Crippen LogP contribution is -2.69. The molecule has 6 rings (SSSR count). The molecule has 0 aromatic heterocycles. The van der Waals surface area contributed by atoms with E-state index in [0.717, 1.165) is 24.8 Å². The van der Waals surface area contributed by atoms with Gasteiger partial charge in [-0.3, -0.25) is 0 Å².